The zero-order valence-electron chi connectivity index (χ0n) is 13.7. The quantitative estimate of drug-likeness (QED) is 0.838. The van der Waals surface area contributed by atoms with E-state index in [0.717, 1.165) is 24.1 Å². The highest BCUT2D eigenvalue weighted by atomic mass is 16.5. The van der Waals surface area contributed by atoms with Crippen molar-refractivity contribution in [2.75, 3.05) is 34.4 Å². The minimum atomic E-state index is 0.252. The van der Waals surface area contributed by atoms with Gasteiger partial charge in [0, 0.05) is 24.2 Å². The minimum Gasteiger partial charge on any atom is -0.497 e. The van der Waals surface area contributed by atoms with Gasteiger partial charge in [0.25, 0.3) is 0 Å². The molecular formula is C17H28N2O2. The number of rotatable bonds is 7. The summed E-state index contributed by atoms with van der Waals surface area (Å²) in [5, 5.41) is 3.44. The van der Waals surface area contributed by atoms with Gasteiger partial charge in [0.1, 0.15) is 11.5 Å². The van der Waals surface area contributed by atoms with E-state index in [0.29, 0.717) is 0 Å². The van der Waals surface area contributed by atoms with Crippen molar-refractivity contribution in [3.8, 4) is 11.5 Å². The maximum atomic E-state index is 5.53. The van der Waals surface area contributed by atoms with Crippen LogP contribution in [0, 0.1) is 0 Å². The lowest BCUT2D eigenvalue weighted by atomic mass is 10.0. The SMILES string of the molecule is CCC1CCCN1CC(NC)c1cc(OC)ccc1OC. The van der Waals surface area contributed by atoms with E-state index in [4.69, 9.17) is 9.47 Å². The fourth-order valence-electron chi connectivity index (χ4n) is 3.29. The lowest BCUT2D eigenvalue weighted by Gasteiger charge is -2.29. The lowest BCUT2D eigenvalue weighted by molar-refractivity contribution is 0.222. The molecule has 1 N–H and O–H groups in total. The van der Waals surface area contributed by atoms with Crippen LogP contribution in [-0.4, -0.2) is 45.3 Å². The molecule has 1 heterocycles. The van der Waals surface area contributed by atoms with Crippen molar-refractivity contribution in [1.29, 1.82) is 0 Å². The fourth-order valence-corrected chi connectivity index (χ4v) is 3.29. The van der Waals surface area contributed by atoms with Crippen molar-refractivity contribution in [1.82, 2.24) is 10.2 Å². The smallest absolute Gasteiger partial charge is 0.123 e. The Hall–Kier alpha value is -1.26. The zero-order chi connectivity index (χ0) is 15.2. The predicted molar refractivity (Wildman–Crippen MR) is 86.2 cm³/mol. The summed E-state index contributed by atoms with van der Waals surface area (Å²) in [5.74, 6) is 1.79. The highest BCUT2D eigenvalue weighted by Gasteiger charge is 2.26. The van der Waals surface area contributed by atoms with Crippen LogP contribution in [0.5, 0.6) is 11.5 Å². The van der Waals surface area contributed by atoms with E-state index < -0.39 is 0 Å². The summed E-state index contributed by atoms with van der Waals surface area (Å²) in [6.45, 7) is 4.49. The monoisotopic (exact) mass is 292 g/mol. The number of hydrogen-bond donors (Lipinski definition) is 1. The van der Waals surface area contributed by atoms with Crippen LogP contribution >= 0.6 is 0 Å². The summed E-state index contributed by atoms with van der Waals surface area (Å²) in [5.41, 5.74) is 1.17. The number of methoxy groups -OCH3 is 2. The minimum absolute atomic E-state index is 0.252. The van der Waals surface area contributed by atoms with E-state index in [1.807, 2.05) is 19.2 Å². The molecule has 4 nitrogen and oxygen atoms in total. The number of nitrogens with zero attached hydrogens (tertiary/aromatic N) is 1. The third kappa shape index (κ3) is 3.69. The van der Waals surface area contributed by atoms with Gasteiger partial charge >= 0.3 is 0 Å². The number of likely N-dealkylation sites (N-methyl/N-ethyl adjacent to an activating group) is 1. The Bertz CT molecular complexity index is 450. The highest BCUT2D eigenvalue weighted by Crippen LogP contribution is 2.31. The summed E-state index contributed by atoms with van der Waals surface area (Å²) in [4.78, 5) is 2.60. The second kappa shape index (κ2) is 7.66. The lowest BCUT2D eigenvalue weighted by Crippen LogP contribution is -2.37. The molecule has 21 heavy (non-hydrogen) atoms. The number of ether oxygens (including phenoxy) is 2. The molecule has 0 bridgehead atoms. The molecule has 0 spiro atoms. The summed E-state index contributed by atoms with van der Waals surface area (Å²) >= 11 is 0. The summed E-state index contributed by atoms with van der Waals surface area (Å²) in [6.07, 6.45) is 3.86. The maximum absolute atomic E-state index is 5.53. The third-order valence-corrected chi connectivity index (χ3v) is 4.55. The first-order valence-corrected chi connectivity index (χ1v) is 7.86. The van der Waals surface area contributed by atoms with Crippen molar-refractivity contribution in [3.63, 3.8) is 0 Å². The molecular weight excluding hydrogens is 264 g/mol. The summed E-state index contributed by atoms with van der Waals surface area (Å²) in [6, 6.07) is 6.98. The standard InChI is InChI=1S/C17H28N2O2/c1-5-13-7-6-10-19(13)12-16(18-2)15-11-14(20-3)8-9-17(15)21-4/h8-9,11,13,16,18H,5-7,10,12H2,1-4H3. The number of likely N-dealkylation sites (tertiary alicyclic amines) is 1. The van der Waals surface area contributed by atoms with Crippen LogP contribution in [0.2, 0.25) is 0 Å². The molecule has 1 aliphatic heterocycles. The van der Waals surface area contributed by atoms with E-state index in [1.54, 1.807) is 14.2 Å². The maximum Gasteiger partial charge on any atom is 0.123 e. The Morgan fingerprint density at radius 2 is 2.14 bits per heavy atom. The molecule has 0 aromatic heterocycles. The fraction of sp³-hybridized carbons (Fsp3) is 0.647. The number of hydrogen-bond acceptors (Lipinski definition) is 4. The van der Waals surface area contributed by atoms with Crippen molar-refractivity contribution < 1.29 is 9.47 Å². The van der Waals surface area contributed by atoms with Gasteiger partial charge in [-0.25, -0.2) is 0 Å². The van der Waals surface area contributed by atoms with E-state index in [2.05, 4.69) is 23.2 Å². The van der Waals surface area contributed by atoms with Gasteiger partial charge < -0.3 is 14.8 Å². The molecule has 4 heteroatoms. The van der Waals surface area contributed by atoms with Crippen molar-refractivity contribution in [2.24, 2.45) is 0 Å². The summed E-state index contributed by atoms with van der Waals surface area (Å²) < 4.78 is 10.9. The number of benzene rings is 1. The molecule has 1 fully saturated rings. The molecule has 0 saturated carbocycles. The molecule has 0 radical (unpaired) electrons. The summed E-state index contributed by atoms with van der Waals surface area (Å²) in [7, 11) is 5.44. The van der Waals surface area contributed by atoms with Crippen LogP contribution in [0.25, 0.3) is 0 Å². The first-order chi connectivity index (χ1) is 10.2. The van der Waals surface area contributed by atoms with E-state index in [-0.39, 0.29) is 6.04 Å². The van der Waals surface area contributed by atoms with Crippen LogP contribution < -0.4 is 14.8 Å². The van der Waals surface area contributed by atoms with Crippen LogP contribution in [-0.2, 0) is 0 Å². The van der Waals surface area contributed by atoms with Crippen LogP contribution in [0.15, 0.2) is 18.2 Å². The van der Waals surface area contributed by atoms with Gasteiger partial charge in [-0.15, -0.1) is 0 Å². The van der Waals surface area contributed by atoms with Gasteiger partial charge in [-0.3, -0.25) is 4.90 Å². The van der Waals surface area contributed by atoms with Gasteiger partial charge in [0.05, 0.1) is 14.2 Å². The number of nitrogens with one attached hydrogen (secondary N) is 1. The predicted octanol–water partition coefficient (Wildman–Crippen LogP) is 2.84. The Morgan fingerprint density at radius 1 is 1.33 bits per heavy atom. The van der Waals surface area contributed by atoms with Crippen molar-refractivity contribution in [3.05, 3.63) is 23.8 Å². The van der Waals surface area contributed by atoms with Crippen LogP contribution in [0.3, 0.4) is 0 Å². The normalized spacial score (nSPS) is 20.5. The van der Waals surface area contributed by atoms with Gasteiger partial charge in [0.15, 0.2) is 0 Å². The van der Waals surface area contributed by atoms with Gasteiger partial charge in [-0.1, -0.05) is 6.92 Å². The van der Waals surface area contributed by atoms with Crippen molar-refractivity contribution >= 4 is 0 Å². The molecule has 1 aliphatic rings. The largest absolute Gasteiger partial charge is 0.497 e. The molecule has 2 rings (SSSR count). The average Bonchev–Trinajstić information content (AvgIpc) is 2.99. The second-order valence-electron chi connectivity index (χ2n) is 5.65. The topological polar surface area (TPSA) is 33.7 Å². The average molecular weight is 292 g/mol. The Morgan fingerprint density at radius 3 is 2.76 bits per heavy atom. The van der Waals surface area contributed by atoms with Crippen LogP contribution in [0.1, 0.15) is 37.8 Å². The van der Waals surface area contributed by atoms with Crippen molar-refractivity contribution in [2.45, 2.75) is 38.3 Å². The Kier molecular flexibility index (Phi) is 5.88. The molecule has 0 amide bonds. The van der Waals surface area contributed by atoms with E-state index >= 15 is 0 Å². The molecule has 2 unspecified atom stereocenters. The molecule has 0 aliphatic carbocycles. The molecule has 1 aromatic rings. The van der Waals surface area contributed by atoms with E-state index in [1.165, 1.54) is 31.4 Å². The first-order valence-electron chi connectivity index (χ1n) is 7.86. The Balaban J connectivity index is 2.20. The molecule has 118 valence electrons. The second-order valence-corrected chi connectivity index (χ2v) is 5.65. The first kappa shape index (κ1) is 16.1. The highest BCUT2D eigenvalue weighted by molar-refractivity contribution is 5.42. The van der Waals surface area contributed by atoms with Gasteiger partial charge in [-0.05, 0) is 51.1 Å². The van der Waals surface area contributed by atoms with Gasteiger partial charge in [-0.2, -0.15) is 0 Å². The molecule has 1 aromatic carbocycles. The van der Waals surface area contributed by atoms with Gasteiger partial charge in [0.2, 0.25) is 0 Å². The zero-order valence-corrected chi connectivity index (χ0v) is 13.7. The Labute approximate surface area is 128 Å². The van der Waals surface area contributed by atoms with E-state index in [9.17, 15) is 0 Å². The van der Waals surface area contributed by atoms with Crippen LogP contribution in [0.4, 0.5) is 0 Å². The molecule has 1 saturated heterocycles. The molecule has 2 atom stereocenters. The third-order valence-electron chi connectivity index (χ3n) is 4.55.